The standard InChI is InChI=1S/C67H44N2S/c1-3-16-49(17-4-1)67(50-18-5-2-6-19-50)61-26-11-7-22-55(61)59-44-54(39-40-62(59)67)68(52-20-15-21-53(43-52)69-63-27-12-8-23-56(63)57-24-9-13-28-64(57)69)51-37-34-46(35-38-51)45-30-32-47(33-31-45)48-36-41-66-60(42-48)58-25-10-14-29-65(58)70-66/h1-44H. The minimum absolute atomic E-state index is 0.476. The number of thiophene rings is 1. The molecule has 0 radical (unpaired) electrons. The number of aromatic nitrogens is 1. The molecule has 328 valence electrons. The van der Waals surface area contributed by atoms with Crippen molar-refractivity contribution in [3.8, 4) is 39.1 Å². The van der Waals surface area contributed by atoms with E-state index in [-0.39, 0.29) is 0 Å². The first-order valence-corrected chi connectivity index (χ1v) is 24.9. The maximum absolute atomic E-state index is 2.43. The van der Waals surface area contributed by atoms with Gasteiger partial charge >= 0.3 is 0 Å². The first-order chi connectivity index (χ1) is 34.7. The van der Waals surface area contributed by atoms with Crippen LogP contribution in [0.4, 0.5) is 17.1 Å². The van der Waals surface area contributed by atoms with Gasteiger partial charge in [0.05, 0.1) is 16.4 Å². The zero-order valence-corrected chi connectivity index (χ0v) is 39.0. The Labute approximate surface area is 411 Å². The largest absolute Gasteiger partial charge is 0.310 e. The lowest BCUT2D eigenvalue weighted by atomic mass is 9.68. The van der Waals surface area contributed by atoms with Gasteiger partial charge in [-0.05, 0) is 128 Å². The van der Waals surface area contributed by atoms with Gasteiger partial charge in [-0.3, -0.25) is 0 Å². The number of hydrogen-bond acceptors (Lipinski definition) is 2. The Hall–Kier alpha value is -8.76. The molecule has 0 saturated carbocycles. The first kappa shape index (κ1) is 40.3. The van der Waals surface area contributed by atoms with E-state index in [0.717, 1.165) is 22.7 Å². The van der Waals surface area contributed by atoms with Crippen LogP contribution in [0, 0.1) is 0 Å². The van der Waals surface area contributed by atoms with Crippen LogP contribution in [-0.2, 0) is 5.41 Å². The van der Waals surface area contributed by atoms with Crippen molar-refractivity contribution in [1.82, 2.24) is 4.57 Å². The molecule has 0 amide bonds. The number of benzene rings is 11. The maximum atomic E-state index is 2.43. The van der Waals surface area contributed by atoms with E-state index in [9.17, 15) is 0 Å². The van der Waals surface area contributed by atoms with E-state index in [0.29, 0.717) is 0 Å². The van der Waals surface area contributed by atoms with Gasteiger partial charge in [-0.2, -0.15) is 0 Å². The van der Waals surface area contributed by atoms with Crippen LogP contribution in [0.2, 0.25) is 0 Å². The van der Waals surface area contributed by atoms with Gasteiger partial charge in [0.15, 0.2) is 0 Å². The van der Waals surface area contributed by atoms with Gasteiger partial charge in [-0.15, -0.1) is 11.3 Å². The normalized spacial score (nSPS) is 12.7. The van der Waals surface area contributed by atoms with Gasteiger partial charge < -0.3 is 9.47 Å². The lowest BCUT2D eigenvalue weighted by Crippen LogP contribution is -2.28. The average molecular weight is 909 g/mol. The van der Waals surface area contributed by atoms with E-state index < -0.39 is 5.41 Å². The summed E-state index contributed by atoms with van der Waals surface area (Å²) in [7, 11) is 0. The quantitative estimate of drug-likeness (QED) is 0.147. The van der Waals surface area contributed by atoms with Crippen molar-refractivity contribution in [3.05, 3.63) is 289 Å². The topological polar surface area (TPSA) is 8.17 Å². The number of rotatable bonds is 8. The van der Waals surface area contributed by atoms with E-state index in [1.54, 1.807) is 0 Å². The zero-order valence-electron chi connectivity index (χ0n) is 38.2. The molecule has 3 heteroatoms. The summed E-state index contributed by atoms with van der Waals surface area (Å²) in [6.07, 6.45) is 0. The highest BCUT2D eigenvalue weighted by molar-refractivity contribution is 7.25. The first-order valence-electron chi connectivity index (χ1n) is 24.1. The molecule has 0 spiro atoms. The van der Waals surface area contributed by atoms with Crippen molar-refractivity contribution in [3.63, 3.8) is 0 Å². The lowest BCUT2D eigenvalue weighted by Gasteiger charge is -2.34. The van der Waals surface area contributed by atoms with Gasteiger partial charge in [0.2, 0.25) is 0 Å². The molecule has 0 unspecified atom stereocenters. The Morgan fingerprint density at radius 3 is 1.53 bits per heavy atom. The molecule has 2 nitrogen and oxygen atoms in total. The molecule has 1 aliphatic carbocycles. The van der Waals surface area contributed by atoms with Gasteiger partial charge in [-0.1, -0.05) is 194 Å². The molecule has 0 N–H and O–H groups in total. The Morgan fingerprint density at radius 2 is 0.829 bits per heavy atom. The summed E-state index contributed by atoms with van der Waals surface area (Å²) >= 11 is 1.86. The third-order valence-corrected chi connectivity index (χ3v) is 15.8. The fourth-order valence-electron chi connectivity index (χ4n) is 11.6. The molecule has 2 aromatic heterocycles. The predicted molar refractivity (Wildman–Crippen MR) is 297 cm³/mol. The minimum Gasteiger partial charge on any atom is -0.310 e. The average Bonchev–Trinajstić information content (AvgIpc) is 4.08. The van der Waals surface area contributed by atoms with E-state index in [1.165, 1.54) is 97.6 Å². The highest BCUT2D eigenvalue weighted by Gasteiger charge is 2.46. The molecule has 2 heterocycles. The molecular formula is C67H44N2S. The molecule has 70 heavy (non-hydrogen) atoms. The lowest BCUT2D eigenvalue weighted by molar-refractivity contribution is 0.768. The summed E-state index contributed by atoms with van der Waals surface area (Å²) < 4.78 is 5.07. The Bertz CT molecular complexity index is 4020. The molecule has 0 fully saturated rings. The summed E-state index contributed by atoms with van der Waals surface area (Å²) in [6, 6.07) is 98.6. The van der Waals surface area contributed by atoms with Crippen molar-refractivity contribution < 1.29 is 0 Å². The summed E-state index contributed by atoms with van der Waals surface area (Å²) in [6.45, 7) is 0. The smallest absolute Gasteiger partial charge is 0.0713 e. The second-order valence-electron chi connectivity index (χ2n) is 18.4. The third kappa shape index (κ3) is 6.25. The molecule has 1 aliphatic rings. The summed E-state index contributed by atoms with van der Waals surface area (Å²) in [5, 5.41) is 5.14. The van der Waals surface area contributed by atoms with Gasteiger partial charge in [-0.25, -0.2) is 0 Å². The van der Waals surface area contributed by atoms with Crippen molar-refractivity contribution in [2.24, 2.45) is 0 Å². The van der Waals surface area contributed by atoms with Gasteiger partial charge in [0.1, 0.15) is 0 Å². The van der Waals surface area contributed by atoms with Crippen LogP contribution < -0.4 is 4.90 Å². The molecule has 0 aliphatic heterocycles. The highest BCUT2D eigenvalue weighted by atomic mass is 32.1. The van der Waals surface area contributed by atoms with Gasteiger partial charge in [0.25, 0.3) is 0 Å². The molecule has 0 bridgehead atoms. The molecular weight excluding hydrogens is 865 g/mol. The molecule has 0 atom stereocenters. The van der Waals surface area contributed by atoms with Crippen LogP contribution in [0.3, 0.4) is 0 Å². The van der Waals surface area contributed by atoms with Crippen LogP contribution >= 0.6 is 11.3 Å². The third-order valence-electron chi connectivity index (χ3n) is 14.7. The highest BCUT2D eigenvalue weighted by Crippen LogP contribution is 2.57. The predicted octanol–water partition coefficient (Wildman–Crippen LogP) is 18.3. The SMILES string of the molecule is c1ccc(C2(c3ccccc3)c3ccccc3-c3cc(N(c4ccc(-c5ccc(-c6ccc7sc8ccccc8c7c6)cc5)cc4)c4cccc(-n5c6ccccc6c6ccccc65)c4)ccc32)cc1. The second-order valence-corrected chi connectivity index (χ2v) is 19.5. The monoisotopic (exact) mass is 908 g/mol. The van der Waals surface area contributed by atoms with E-state index in [1.807, 2.05) is 11.3 Å². The van der Waals surface area contributed by atoms with Crippen LogP contribution in [0.5, 0.6) is 0 Å². The van der Waals surface area contributed by atoms with Crippen molar-refractivity contribution in [2.75, 3.05) is 4.90 Å². The van der Waals surface area contributed by atoms with Crippen LogP contribution in [0.25, 0.3) is 81.0 Å². The van der Waals surface area contributed by atoms with Crippen molar-refractivity contribution in [2.45, 2.75) is 5.41 Å². The minimum atomic E-state index is -0.476. The van der Waals surface area contributed by atoms with Gasteiger partial charge in [0, 0.05) is 53.7 Å². The summed E-state index contributed by atoms with van der Waals surface area (Å²) in [4.78, 5) is 2.43. The van der Waals surface area contributed by atoms with Crippen LogP contribution in [0.15, 0.2) is 267 Å². The fourth-order valence-corrected chi connectivity index (χ4v) is 12.6. The number of anilines is 3. The van der Waals surface area contributed by atoms with Crippen molar-refractivity contribution >= 4 is 70.4 Å². The summed E-state index contributed by atoms with van der Waals surface area (Å²) in [5.74, 6) is 0. The maximum Gasteiger partial charge on any atom is 0.0713 e. The molecule has 0 saturated heterocycles. The number of nitrogens with zero attached hydrogens (tertiary/aromatic N) is 2. The number of fused-ring (bicyclic) bond motifs is 9. The molecule has 11 aromatic carbocycles. The molecule has 14 rings (SSSR count). The second kappa shape index (κ2) is 16.2. The van der Waals surface area contributed by atoms with Crippen LogP contribution in [-0.4, -0.2) is 4.57 Å². The van der Waals surface area contributed by atoms with Crippen molar-refractivity contribution in [1.29, 1.82) is 0 Å². The van der Waals surface area contributed by atoms with E-state index >= 15 is 0 Å². The Kier molecular flexibility index (Phi) is 9.33. The Morgan fingerprint density at radius 1 is 0.314 bits per heavy atom. The number of hydrogen-bond donors (Lipinski definition) is 0. The van der Waals surface area contributed by atoms with Crippen LogP contribution in [0.1, 0.15) is 22.3 Å². The Balaban J connectivity index is 0.905. The summed E-state index contributed by atoms with van der Waals surface area (Å²) in [5.41, 5.74) is 18.7. The van der Waals surface area contributed by atoms with E-state index in [2.05, 4.69) is 276 Å². The van der Waals surface area contributed by atoms with E-state index in [4.69, 9.17) is 0 Å². The molecule has 13 aromatic rings. The number of para-hydroxylation sites is 2. The zero-order chi connectivity index (χ0) is 46.2. The fraction of sp³-hybridized carbons (Fsp3) is 0.0149.